The zero-order valence-electron chi connectivity index (χ0n) is 11.2. The lowest BCUT2D eigenvalue weighted by Gasteiger charge is -2.24. The van der Waals surface area contributed by atoms with Crippen LogP contribution in [0.2, 0.25) is 5.15 Å². The molecule has 0 aliphatic rings. The quantitative estimate of drug-likeness (QED) is 0.728. The summed E-state index contributed by atoms with van der Waals surface area (Å²) in [5, 5.41) is 0.591. The zero-order valence-corrected chi connectivity index (χ0v) is 12.0. The van der Waals surface area contributed by atoms with Crippen molar-refractivity contribution in [3.05, 3.63) is 17.0 Å². The Hall–Kier alpha value is -0.830. The summed E-state index contributed by atoms with van der Waals surface area (Å²) in [7, 11) is 2.07. The summed E-state index contributed by atoms with van der Waals surface area (Å²) in [5.41, 5.74) is 1.07. The van der Waals surface area contributed by atoms with Gasteiger partial charge in [0, 0.05) is 19.2 Å². The SMILES string of the molecule is CCCc1c(Cl)ncnc1N(C)CC(C)CC. The van der Waals surface area contributed by atoms with Crippen molar-refractivity contribution in [2.75, 3.05) is 18.5 Å². The standard InChI is InChI=1S/C13H22ClN3/c1-5-7-11-12(14)15-9-16-13(11)17(4)8-10(3)6-2/h9-10H,5-8H2,1-4H3. The van der Waals surface area contributed by atoms with E-state index in [-0.39, 0.29) is 0 Å². The second-order valence-corrected chi connectivity index (χ2v) is 4.97. The molecule has 0 aliphatic carbocycles. The Kier molecular flexibility index (Phi) is 5.69. The molecule has 1 aromatic rings. The van der Waals surface area contributed by atoms with Gasteiger partial charge in [0.15, 0.2) is 0 Å². The fraction of sp³-hybridized carbons (Fsp3) is 0.692. The van der Waals surface area contributed by atoms with Gasteiger partial charge in [-0.15, -0.1) is 0 Å². The van der Waals surface area contributed by atoms with Gasteiger partial charge in [0.05, 0.1) is 0 Å². The summed E-state index contributed by atoms with van der Waals surface area (Å²) in [6.45, 7) is 7.60. The van der Waals surface area contributed by atoms with E-state index >= 15 is 0 Å². The number of hydrogen-bond acceptors (Lipinski definition) is 3. The van der Waals surface area contributed by atoms with Crippen LogP contribution in [0.1, 0.15) is 39.2 Å². The minimum atomic E-state index is 0.591. The molecule has 0 bridgehead atoms. The molecule has 0 saturated heterocycles. The first kappa shape index (κ1) is 14.2. The van der Waals surface area contributed by atoms with Crippen LogP contribution in [-0.4, -0.2) is 23.6 Å². The molecule has 0 saturated carbocycles. The second-order valence-electron chi connectivity index (χ2n) is 4.61. The van der Waals surface area contributed by atoms with E-state index in [4.69, 9.17) is 11.6 Å². The van der Waals surface area contributed by atoms with Gasteiger partial charge < -0.3 is 4.90 Å². The van der Waals surface area contributed by atoms with E-state index in [2.05, 4.69) is 42.7 Å². The summed E-state index contributed by atoms with van der Waals surface area (Å²) in [6, 6.07) is 0. The highest BCUT2D eigenvalue weighted by atomic mass is 35.5. The summed E-state index contributed by atoms with van der Waals surface area (Å²) in [6.07, 6.45) is 4.70. The first-order valence-corrected chi connectivity index (χ1v) is 6.68. The summed E-state index contributed by atoms with van der Waals surface area (Å²) in [5.74, 6) is 1.63. The summed E-state index contributed by atoms with van der Waals surface area (Å²) in [4.78, 5) is 10.6. The zero-order chi connectivity index (χ0) is 12.8. The van der Waals surface area contributed by atoms with Crippen LogP contribution >= 0.6 is 11.6 Å². The van der Waals surface area contributed by atoms with Crippen molar-refractivity contribution in [1.29, 1.82) is 0 Å². The Morgan fingerprint density at radius 1 is 1.35 bits per heavy atom. The Bertz CT molecular complexity index is 355. The molecule has 96 valence electrons. The van der Waals surface area contributed by atoms with Crippen LogP contribution < -0.4 is 4.90 Å². The number of rotatable bonds is 6. The molecule has 1 aromatic heterocycles. The van der Waals surface area contributed by atoms with Gasteiger partial charge in [-0.1, -0.05) is 45.2 Å². The van der Waals surface area contributed by atoms with Crippen LogP contribution in [0, 0.1) is 5.92 Å². The minimum Gasteiger partial charge on any atom is -0.359 e. The number of aromatic nitrogens is 2. The molecule has 0 N–H and O–H groups in total. The van der Waals surface area contributed by atoms with Crippen LogP contribution in [0.25, 0.3) is 0 Å². The van der Waals surface area contributed by atoms with Gasteiger partial charge in [-0.05, 0) is 12.3 Å². The van der Waals surface area contributed by atoms with Gasteiger partial charge in [-0.2, -0.15) is 0 Å². The Labute approximate surface area is 109 Å². The average molecular weight is 256 g/mol. The second kappa shape index (κ2) is 6.80. The summed E-state index contributed by atoms with van der Waals surface area (Å²) >= 11 is 6.14. The molecular formula is C13H22ClN3. The topological polar surface area (TPSA) is 29.0 Å². The number of anilines is 1. The van der Waals surface area contributed by atoms with Crippen molar-refractivity contribution in [2.45, 2.75) is 40.0 Å². The van der Waals surface area contributed by atoms with Crippen molar-refractivity contribution < 1.29 is 0 Å². The van der Waals surface area contributed by atoms with Gasteiger partial charge >= 0.3 is 0 Å². The normalized spacial score (nSPS) is 12.5. The van der Waals surface area contributed by atoms with Crippen LogP contribution in [0.3, 0.4) is 0 Å². The van der Waals surface area contributed by atoms with E-state index in [1.165, 1.54) is 6.42 Å². The molecular weight excluding hydrogens is 234 g/mol. The van der Waals surface area contributed by atoms with Gasteiger partial charge in [-0.25, -0.2) is 9.97 Å². The van der Waals surface area contributed by atoms with Crippen molar-refractivity contribution >= 4 is 17.4 Å². The molecule has 0 spiro atoms. The molecule has 1 heterocycles. The smallest absolute Gasteiger partial charge is 0.137 e. The summed E-state index contributed by atoms with van der Waals surface area (Å²) < 4.78 is 0. The number of hydrogen-bond donors (Lipinski definition) is 0. The van der Waals surface area contributed by atoms with Crippen LogP contribution in [0.4, 0.5) is 5.82 Å². The fourth-order valence-corrected chi connectivity index (χ4v) is 2.08. The average Bonchev–Trinajstić information content (AvgIpc) is 2.31. The van der Waals surface area contributed by atoms with Crippen molar-refractivity contribution in [1.82, 2.24) is 9.97 Å². The molecule has 4 heteroatoms. The van der Waals surface area contributed by atoms with Gasteiger partial charge in [0.25, 0.3) is 0 Å². The highest BCUT2D eigenvalue weighted by Gasteiger charge is 2.14. The van der Waals surface area contributed by atoms with Crippen molar-refractivity contribution in [2.24, 2.45) is 5.92 Å². The highest BCUT2D eigenvalue weighted by molar-refractivity contribution is 6.30. The van der Waals surface area contributed by atoms with E-state index in [1.54, 1.807) is 6.33 Å². The molecule has 3 nitrogen and oxygen atoms in total. The lowest BCUT2D eigenvalue weighted by atomic mass is 10.1. The third kappa shape index (κ3) is 3.84. The first-order valence-electron chi connectivity index (χ1n) is 6.30. The maximum absolute atomic E-state index is 6.14. The monoisotopic (exact) mass is 255 g/mol. The largest absolute Gasteiger partial charge is 0.359 e. The maximum Gasteiger partial charge on any atom is 0.137 e. The molecule has 1 atom stereocenters. The van der Waals surface area contributed by atoms with Gasteiger partial charge in [0.1, 0.15) is 17.3 Å². The first-order chi connectivity index (χ1) is 8.10. The van der Waals surface area contributed by atoms with Crippen molar-refractivity contribution in [3.8, 4) is 0 Å². The Morgan fingerprint density at radius 2 is 2.06 bits per heavy atom. The molecule has 0 aliphatic heterocycles. The predicted molar refractivity (Wildman–Crippen MR) is 73.8 cm³/mol. The van der Waals surface area contributed by atoms with E-state index < -0.39 is 0 Å². The van der Waals surface area contributed by atoms with E-state index in [9.17, 15) is 0 Å². The molecule has 1 rings (SSSR count). The van der Waals surface area contributed by atoms with E-state index in [0.29, 0.717) is 11.1 Å². The molecule has 0 radical (unpaired) electrons. The Morgan fingerprint density at radius 3 is 2.65 bits per heavy atom. The third-order valence-electron chi connectivity index (χ3n) is 3.01. The van der Waals surface area contributed by atoms with Gasteiger partial charge in [0.2, 0.25) is 0 Å². The van der Waals surface area contributed by atoms with Crippen LogP contribution in [0.15, 0.2) is 6.33 Å². The minimum absolute atomic E-state index is 0.591. The van der Waals surface area contributed by atoms with Crippen LogP contribution in [0.5, 0.6) is 0 Å². The molecule has 1 unspecified atom stereocenters. The molecule has 0 fully saturated rings. The van der Waals surface area contributed by atoms with E-state index in [1.807, 2.05) is 0 Å². The highest BCUT2D eigenvalue weighted by Crippen LogP contribution is 2.24. The van der Waals surface area contributed by atoms with Gasteiger partial charge in [-0.3, -0.25) is 0 Å². The van der Waals surface area contributed by atoms with Crippen molar-refractivity contribution in [3.63, 3.8) is 0 Å². The Balaban J connectivity index is 2.91. The molecule has 17 heavy (non-hydrogen) atoms. The fourth-order valence-electron chi connectivity index (χ4n) is 1.86. The number of halogens is 1. The molecule has 0 aromatic carbocycles. The van der Waals surface area contributed by atoms with Crippen LogP contribution in [-0.2, 0) is 6.42 Å². The predicted octanol–water partition coefficient (Wildman–Crippen LogP) is 3.56. The van der Waals surface area contributed by atoms with E-state index in [0.717, 1.165) is 30.8 Å². The number of nitrogens with zero attached hydrogens (tertiary/aromatic N) is 3. The lowest BCUT2D eigenvalue weighted by molar-refractivity contribution is 0.556. The lowest BCUT2D eigenvalue weighted by Crippen LogP contribution is -2.26. The maximum atomic E-state index is 6.14. The molecule has 0 amide bonds. The third-order valence-corrected chi connectivity index (χ3v) is 3.34.